The number of thiazole rings is 1. The number of benzene rings is 2. The van der Waals surface area contributed by atoms with E-state index in [2.05, 4.69) is 38.8 Å². The van der Waals surface area contributed by atoms with Crippen molar-refractivity contribution < 1.29 is 4.79 Å². The highest BCUT2D eigenvalue weighted by Gasteiger charge is 2.13. The standard InChI is InChI=1S/C23H24N6OS2/c1-15-13-31-21(26-15)12-24-19-8-5-7-18(11-19)22(30)27-20-9-4-6-17(10-20)16(2)32-23-28-25-14-29(23)3/h4-11,13-14,16,24H,12H2,1-3H3,(H,27,30). The van der Waals surface area contributed by atoms with Gasteiger partial charge in [-0.05, 0) is 49.7 Å². The highest BCUT2D eigenvalue weighted by atomic mass is 32.2. The summed E-state index contributed by atoms with van der Waals surface area (Å²) in [6.45, 7) is 4.72. The van der Waals surface area contributed by atoms with Crippen molar-refractivity contribution in [1.82, 2.24) is 19.7 Å². The van der Waals surface area contributed by atoms with E-state index < -0.39 is 0 Å². The third-order valence-corrected chi connectivity index (χ3v) is 6.97. The molecule has 0 bridgehead atoms. The van der Waals surface area contributed by atoms with Gasteiger partial charge in [0.1, 0.15) is 11.3 Å². The lowest BCUT2D eigenvalue weighted by Crippen LogP contribution is -2.12. The highest BCUT2D eigenvalue weighted by Crippen LogP contribution is 2.34. The fourth-order valence-corrected chi connectivity index (χ4v) is 4.73. The fraction of sp³-hybridized carbons (Fsp3) is 0.217. The Morgan fingerprint density at radius 3 is 2.75 bits per heavy atom. The van der Waals surface area contributed by atoms with Crippen molar-refractivity contribution in [2.75, 3.05) is 10.6 Å². The summed E-state index contributed by atoms with van der Waals surface area (Å²) in [6, 6.07) is 15.4. The van der Waals surface area contributed by atoms with Gasteiger partial charge in [0.15, 0.2) is 5.16 Å². The minimum Gasteiger partial charge on any atom is -0.379 e. The molecule has 0 saturated heterocycles. The summed E-state index contributed by atoms with van der Waals surface area (Å²) < 4.78 is 1.89. The van der Waals surface area contributed by atoms with Crippen LogP contribution < -0.4 is 10.6 Å². The molecule has 1 amide bonds. The second-order valence-electron chi connectivity index (χ2n) is 7.38. The molecule has 0 fully saturated rings. The molecule has 1 atom stereocenters. The SMILES string of the molecule is Cc1csc(CNc2cccc(C(=O)Nc3cccc(C(C)Sc4nncn4C)c3)c2)n1. The monoisotopic (exact) mass is 464 g/mol. The maximum absolute atomic E-state index is 12.9. The van der Waals surface area contributed by atoms with E-state index in [-0.39, 0.29) is 11.2 Å². The Kier molecular flexibility index (Phi) is 6.87. The van der Waals surface area contributed by atoms with Gasteiger partial charge in [0.05, 0.1) is 6.54 Å². The summed E-state index contributed by atoms with van der Waals surface area (Å²) in [7, 11) is 1.92. The van der Waals surface area contributed by atoms with E-state index >= 15 is 0 Å². The number of anilines is 2. The third-order valence-electron chi connectivity index (χ3n) is 4.80. The number of hydrogen-bond acceptors (Lipinski definition) is 7. The number of nitrogens with one attached hydrogen (secondary N) is 2. The lowest BCUT2D eigenvalue weighted by molar-refractivity contribution is 0.102. The smallest absolute Gasteiger partial charge is 0.255 e. The first kappa shape index (κ1) is 22.0. The van der Waals surface area contributed by atoms with Crippen LogP contribution in [0.2, 0.25) is 0 Å². The van der Waals surface area contributed by atoms with E-state index in [9.17, 15) is 4.79 Å². The molecule has 0 spiro atoms. The van der Waals surface area contributed by atoms with Crippen LogP contribution in [0.25, 0.3) is 0 Å². The average molecular weight is 465 g/mol. The number of aromatic nitrogens is 4. The van der Waals surface area contributed by atoms with Gasteiger partial charge in [0.25, 0.3) is 5.91 Å². The van der Waals surface area contributed by atoms with Gasteiger partial charge in [-0.1, -0.05) is 30.0 Å². The minimum absolute atomic E-state index is 0.149. The molecule has 2 heterocycles. The number of hydrogen-bond donors (Lipinski definition) is 2. The Morgan fingerprint density at radius 2 is 2.00 bits per heavy atom. The number of amides is 1. The molecule has 0 aliphatic heterocycles. The topological polar surface area (TPSA) is 84.7 Å². The largest absolute Gasteiger partial charge is 0.379 e. The maximum Gasteiger partial charge on any atom is 0.255 e. The van der Waals surface area contributed by atoms with Gasteiger partial charge in [-0.25, -0.2) is 4.98 Å². The lowest BCUT2D eigenvalue weighted by Gasteiger charge is -2.13. The number of aryl methyl sites for hydroxylation is 2. The van der Waals surface area contributed by atoms with Crippen molar-refractivity contribution in [2.45, 2.75) is 30.8 Å². The number of nitrogens with zero attached hydrogens (tertiary/aromatic N) is 4. The van der Waals surface area contributed by atoms with E-state index in [1.165, 1.54) is 0 Å². The summed E-state index contributed by atoms with van der Waals surface area (Å²) >= 11 is 3.25. The Hall–Kier alpha value is -3.17. The summed E-state index contributed by atoms with van der Waals surface area (Å²) in [4.78, 5) is 17.3. The van der Waals surface area contributed by atoms with Crippen LogP contribution in [0.5, 0.6) is 0 Å². The van der Waals surface area contributed by atoms with E-state index in [0.717, 1.165) is 32.8 Å². The zero-order valence-electron chi connectivity index (χ0n) is 18.1. The van der Waals surface area contributed by atoms with Crippen LogP contribution in [0, 0.1) is 6.92 Å². The summed E-state index contributed by atoms with van der Waals surface area (Å²) in [5.41, 5.74) is 4.36. The normalized spacial score (nSPS) is 11.8. The predicted octanol–water partition coefficient (Wildman–Crippen LogP) is 5.30. The van der Waals surface area contributed by atoms with Crippen LogP contribution in [-0.4, -0.2) is 25.7 Å². The van der Waals surface area contributed by atoms with Crippen LogP contribution in [0.3, 0.4) is 0 Å². The first-order valence-corrected chi connectivity index (χ1v) is 11.9. The van der Waals surface area contributed by atoms with Crippen LogP contribution in [0.4, 0.5) is 11.4 Å². The van der Waals surface area contributed by atoms with Gasteiger partial charge < -0.3 is 15.2 Å². The van der Waals surface area contributed by atoms with E-state index in [4.69, 9.17) is 0 Å². The van der Waals surface area contributed by atoms with Crippen molar-refractivity contribution in [3.63, 3.8) is 0 Å². The fourth-order valence-electron chi connectivity index (χ4n) is 3.11. The molecule has 0 aliphatic rings. The van der Waals surface area contributed by atoms with Crippen molar-refractivity contribution >= 4 is 40.4 Å². The molecular formula is C23H24N6OS2. The second-order valence-corrected chi connectivity index (χ2v) is 9.63. The number of carbonyl (C=O) groups excluding carboxylic acids is 1. The average Bonchev–Trinajstić information content (AvgIpc) is 3.40. The van der Waals surface area contributed by atoms with Gasteiger partial charge in [0, 0.05) is 40.3 Å². The molecule has 2 N–H and O–H groups in total. The zero-order chi connectivity index (χ0) is 22.5. The third kappa shape index (κ3) is 5.54. The maximum atomic E-state index is 12.9. The predicted molar refractivity (Wildman–Crippen MR) is 130 cm³/mol. The molecular weight excluding hydrogens is 440 g/mol. The minimum atomic E-state index is -0.149. The molecule has 164 valence electrons. The molecule has 2 aromatic carbocycles. The quantitative estimate of drug-likeness (QED) is 0.344. The number of rotatable bonds is 8. The summed E-state index contributed by atoms with van der Waals surface area (Å²) in [6.07, 6.45) is 1.69. The van der Waals surface area contributed by atoms with Gasteiger partial charge in [0.2, 0.25) is 0 Å². The summed E-state index contributed by atoms with van der Waals surface area (Å²) in [5, 5.41) is 18.5. The Labute approximate surface area is 195 Å². The van der Waals surface area contributed by atoms with Crippen molar-refractivity contribution in [3.8, 4) is 0 Å². The molecule has 4 rings (SSSR count). The molecule has 0 aliphatic carbocycles. The van der Waals surface area contributed by atoms with Crippen molar-refractivity contribution in [1.29, 1.82) is 0 Å². The summed E-state index contributed by atoms with van der Waals surface area (Å²) in [5.74, 6) is -0.149. The van der Waals surface area contributed by atoms with Crippen molar-refractivity contribution in [3.05, 3.63) is 82.1 Å². The van der Waals surface area contributed by atoms with Crippen LogP contribution >= 0.6 is 23.1 Å². The molecule has 1 unspecified atom stereocenters. The van der Waals surface area contributed by atoms with E-state index in [0.29, 0.717) is 12.1 Å². The lowest BCUT2D eigenvalue weighted by atomic mass is 10.1. The van der Waals surface area contributed by atoms with Gasteiger partial charge >= 0.3 is 0 Å². The zero-order valence-corrected chi connectivity index (χ0v) is 19.7. The van der Waals surface area contributed by atoms with Gasteiger partial charge in [-0.15, -0.1) is 21.5 Å². The molecule has 0 saturated carbocycles. The van der Waals surface area contributed by atoms with E-state index in [1.54, 1.807) is 29.4 Å². The molecule has 2 aromatic heterocycles. The highest BCUT2D eigenvalue weighted by molar-refractivity contribution is 7.99. The Bertz CT molecular complexity index is 1220. The van der Waals surface area contributed by atoms with Crippen LogP contribution in [-0.2, 0) is 13.6 Å². The van der Waals surface area contributed by atoms with E-state index in [1.807, 2.05) is 66.4 Å². The molecule has 0 radical (unpaired) electrons. The number of thioether (sulfide) groups is 1. The molecule has 7 nitrogen and oxygen atoms in total. The first-order chi connectivity index (χ1) is 15.5. The van der Waals surface area contributed by atoms with Crippen molar-refractivity contribution in [2.24, 2.45) is 7.05 Å². The van der Waals surface area contributed by atoms with Gasteiger partial charge in [-0.2, -0.15) is 0 Å². The van der Waals surface area contributed by atoms with Crippen LogP contribution in [0.1, 0.15) is 38.8 Å². The Balaban J connectivity index is 1.40. The molecule has 32 heavy (non-hydrogen) atoms. The van der Waals surface area contributed by atoms with Gasteiger partial charge in [-0.3, -0.25) is 4.79 Å². The Morgan fingerprint density at radius 1 is 1.19 bits per heavy atom. The first-order valence-electron chi connectivity index (χ1n) is 10.1. The second kappa shape index (κ2) is 9.97. The molecule has 4 aromatic rings. The number of carbonyl (C=O) groups is 1. The van der Waals surface area contributed by atoms with Crippen LogP contribution in [0.15, 0.2) is 65.4 Å². The molecule has 9 heteroatoms.